The van der Waals surface area contributed by atoms with Crippen molar-refractivity contribution < 1.29 is 0 Å². The molecule has 0 N–H and O–H groups in total. The molecule has 2 aromatic carbocycles. The molecule has 0 nitrogen and oxygen atoms in total. The number of benzene rings is 2. The van der Waals surface area contributed by atoms with Crippen LogP contribution in [0.25, 0.3) is 0 Å². The average Bonchev–Trinajstić information content (AvgIpc) is 2.36. The summed E-state index contributed by atoms with van der Waals surface area (Å²) in [6, 6.07) is 12.8. The Morgan fingerprint density at radius 2 is 1.68 bits per heavy atom. The van der Waals surface area contributed by atoms with Crippen molar-refractivity contribution in [2.75, 3.05) is 0 Å². The summed E-state index contributed by atoms with van der Waals surface area (Å²) in [5.74, 6) is 0. The molecule has 0 spiro atoms. The number of halogens is 2. The van der Waals surface area contributed by atoms with Crippen LogP contribution in [0, 0.1) is 20.8 Å². The van der Waals surface area contributed by atoms with E-state index in [2.05, 4.69) is 73.1 Å². The predicted octanol–water partition coefficient (Wildman–Crippen LogP) is 5.94. The van der Waals surface area contributed by atoms with E-state index in [4.69, 9.17) is 11.6 Å². The van der Waals surface area contributed by atoms with Gasteiger partial charge in [-0.1, -0.05) is 57.9 Å². The Bertz CT molecular complexity index is 590. The van der Waals surface area contributed by atoms with Gasteiger partial charge in [0.15, 0.2) is 0 Å². The third-order valence-electron chi connectivity index (χ3n) is 3.55. The lowest BCUT2D eigenvalue weighted by molar-refractivity contribution is 0.927. The third kappa shape index (κ3) is 3.40. The van der Waals surface area contributed by atoms with Gasteiger partial charge in [0.1, 0.15) is 0 Å². The van der Waals surface area contributed by atoms with Gasteiger partial charge in [-0.3, -0.25) is 0 Å². The van der Waals surface area contributed by atoms with E-state index in [9.17, 15) is 0 Å². The highest BCUT2D eigenvalue weighted by atomic mass is 79.9. The predicted molar refractivity (Wildman–Crippen MR) is 87.5 cm³/mol. The minimum absolute atomic E-state index is 0.324. The van der Waals surface area contributed by atoms with Crippen LogP contribution < -0.4 is 0 Å². The van der Waals surface area contributed by atoms with Crippen molar-refractivity contribution in [2.45, 2.75) is 32.0 Å². The van der Waals surface area contributed by atoms with E-state index >= 15 is 0 Å². The van der Waals surface area contributed by atoms with E-state index in [0.717, 1.165) is 17.0 Å². The van der Waals surface area contributed by atoms with E-state index in [1.54, 1.807) is 0 Å². The number of aryl methyl sites for hydroxylation is 3. The van der Waals surface area contributed by atoms with Gasteiger partial charge in [0.2, 0.25) is 0 Å². The maximum atomic E-state index is 6.16. The van der Waals surface area contributed by atoms with Gasteiger partial charge in [-0.25, -0.2) is 0 Å². The van der Waals surface area contributed by atoms with Crippen LogP contribution >= 0.6 is 27.5 Å². The lowest BCUT2D eigenvalue weighted by atomic mass is 9.96. The fourth-order valence-corrected chi connectivity index (χ4v) is 3.34. The highest BCUT2D eigenvalue weighted by Crippen LogP contribution is 2.33. The monoisotopic (exact) mass is 336 g/mol. The highest BCUT2D eigenvalue weighted by Gasteiger charge is 2.13. The number of hydrogen-bond donors (Lipinski definition) is 0. The Hall–Kier alpha value is -0.790. The van der Waals surface area contributed by atoms with Crippen molar-refractivity contribution in [3.05, 3.63) is 69.2 Å². The molecule has 1 atom stereocenters. The Labute approximate surface area is 128 Å². The summed E-state index contributed by atoms with van der Waals surface area (Å²) in [5, 5.41) is 0.844. The highest BCUT2D eigenvalue weighted by molar-refractivity contribution is 9.09. The molecule has 0 heterocycles. The molecule has 2 rings (SSSR count). The molecule has 2 aromatic rings. The first-order valence-electron chi connectivity index (χ1n) is 6.44. The average molecular weight is 338 g/mol. The molecule has 0 radical (unpaired) electrons. The van der Waals surface area contributed by atoms with E-state index in [0.29, 0.717) is 4.83 Å². The molecule has 0 amide bonds. The Kier molecular flexibility index (Phi) is 4.70. The SMILES string of the molecule is Cc1cc(C(Br)Cc2ccccc2C)c(C)cc1Cl. The van der Waals surface area contributed by atoms with Crippen LogP contribution in [-0.2, 0) is 6.42 Å². The van der Waals surface area contributed by atoms with Crippen LogP contribution in [-0.4, -0.2) is 0 Å². The van der Waals surface area contributed by atoms with Crippen molar-refractivity contribution in [1.29, 1.82) is 0 Å². The van der Waals surface area contributed by atoms with Crippen LogP contribution in [0.3, 0.4) is 0 Å². The fraction of sp³-hybridized carbons (Fsp3) is 0.294. The van der Waals surface area contributed by atoms with E-state index in [1.165, 1.54) is 22.3 Å². The molecule has 0 saturated carbocycles. The summed E-state index contributed by atoms with van der Waals surface area (Å²) in [6.45, 7) is 6.33. The molecule has 2 heteroatoms. The lowest BCUT2D eigenvalue weighted by Gasteiger charge is -2.16. The zero-order valence-corrected chi connectivity index (χ0v) is 13.8. The van der Waals surface area contributed by atoms with Crippen molar-refractivity contribution in [3.8, 4) is 0 Å². The molecule has 0 bridgehead atoms. The molecule has 19 heavy (non-hydrogen) atoms. The summed E-state index contributed by atoms with van der Waals surface area (Å²) in [6.07, 6.45) is 0.995. The summed E-state index contributed by atoms with van der Waals surface area (Å²) in [4.78, 5) is 0.324. The van der Waals surface area contributed by atoms with Gasteiger partial charge < -0.3 is 0 Å². The minimum Gasteiger partial charge on any atom is -0.0840 e. The molecular formula is C17H18BrCl. The topological polar surface area (TPSA) is 0 Å². The van der Waals surface area contributed by atoms with Gasteiger partial charge in [-0.05, 0) is 61.1 Å². The molecule has 0 saturated heterocycles. The molecular weight excluding hydrogens is 320 g/mol. The normalized spacial score (nSPS) is 12.5. The Morgan fingerprint density at radius 1 is 1.00 bits per heavy atom. The van der Waals surface area contributed by atoms with Gasteiger partial charge in [0.05, 0.1) is 0 Å². The summed E-state index contributed by atoms with van der Waals surface area (Å²) >= 11 is 9.98. The number of hydrogen-bond acceptors (Lipinski definition) is 0. The molecule has 0 aliphatic carbocycles. The molecule has 0 aliphatic heterocycles. The van der Waals surface area contributed by atoms with Gasteiger partial charge in [0.25, 0.3) is 0 Å². The smallest absolute Gasteiger partial charge is 0.0438 e. The number of rotatable bonds is 3. The van der Waals surface area contributed by atoms with Crippen molar-refractivity contribution in [3.63, 3.8) is 0 Å². The first-order valence-corrected chi connectivity index (χ1v) is 7.73. The lowest BCUT2D eigenvalue weighted by Crippen LogP contribution is -2.00. The zero-order valence-electron chi connectivity index (χ0n) is 11.5. The largest absolute Gasteiger partial charge is 0.0840 e. The van der Waals surface area contributed by atoms with Crippen LogP contribution in [0.4, 0.5) is 0 Å². The van der Waals surface area contributed by atoms with Crippen LogP contribution in [0.5, 0.6) is 0 Å². The molecule has 100 valence electrons. The van der Waals surface area contributed by atoms with Gasteiger partial charge in [-0.15, -0.1) is 0 Å². The summed E-state index contributed by atoms with van der Waals surface area (Å²) in [5.41, 5.74) is 6.43. The van der Waals surface area contributed by atoms with Crippen molar-refractivity contribution in [1.82, 2.24) is 0 Å². The first kappa shape index (κ1) is 14.6. The summed E-state index contributed by atoms with van der Waals surface area (Å²) in [7, 11) is 0. The second kappa shape index (κ2) is 6.11. The third-order valence-corrected chi connectivity index (χ3v) is 4.77. The minimum atomic E-state index is 0.324. The Morgan fingerprint density at radius 3 is 2.37 bits per heavy atom. The quantitative estimate of drug-likeness (QED) is 0.608. The van der Waals surface area contributed by atoms with Crippen molar-refractivity contribution >= 4 is 27.5 Å². The zero-order chi connectivity index (χ0) is 14.0. The van der Waals surface area contributed by atoms with Gasteiger partial charge in [-0.2, -0.15) is 0 Å². The van der Waals surface area contributed by atoms with E-state index < -0.39 is 0 Å². The van der Waals surface area contributed by atoms with Crippen molar-refractivity contribution in [2.24, 2.45) is 0 Å². The van der Waals surface area contributed by atoms with Crippen LogP contribution in [0.2, 0.25) is 5.02 Å². The molecule has 1 unspecified atom stereocenters. The van der Waals surface area contributed by atoms with Crippen LogP contribution in [0.15, 0.2) is 36.4 Å². The van der Waals surface area contributed by atoms with Crippen LogP contribution in [0.1, 0.15) is 32.6 Å². The Balaban J connectivity index is 2.28. The maximum absolute atomic E-state index is 6.16. The standard InChI is InChI=1S/C17H18BrCl/c1-11-6-4-5-7-14(11)10-16(18)15-8-13(3)17(19)9-12(15)2/h4-9,16H,10H2,1-3H3. The van der Waals surface area contributed by atoms with Gasteiger partial charge >= 0.3 is 0 Å². The summed E-state index contributed by atoms with van der Waals surface area (Å²) < 4.78 is 0. The maximum Gasteiger partial charge on any atom is 0.0438 e. The fourth-order valence-electron chi connectivity index (χ4n) is 2.28. The molecule has 0 fully saturated rings. The molecule has 0 aliphatic rings. The number of alkyl halides is 1. The first-order chi connectivity index (χ1) is 8.99. The van der Waals surface area contributed by atoms with E-state index in [-0.39, 0.29) is 0 Å². The second-order valence-electron chi connectivity index (χ2n) is 5.06. The molecule has 0 aromatic heterocycles. The van der Waals surface area contributed by atoms with Gasteiger partial charge in [0, 0.05) is 9.85 Å². The van der Waals surface area contributed by atoms with E-state index in [1.807, 2.05) is 0 Å². The second-order valence-corrected chi connectivity index (χ2v) is 6.57.